The van der Waals surface area contributed by atoms with E-state index < -0.39 is 11.6 Å². The number of hydrogen-bond acceptors (Lipinski definition) is 4. The predicted octanol–water partition coefficient (Wildman–Crippen LogP) is 2.96. The number of benzene rings is 1. The van der Waals surface area contributed by atoms with Crippen molar-refractivity contribution < 1.29 is 9.53 Å². The first-order valence-electron chi connectivity index (χ1n) is 7.33. The Kier molecular flexibility index (Phi) is 4.93. The molecule has 0 amide bonds. The Balaban J connectivity index is 2.01. The van der Waals surface area contributed by atoms with Crippen LogP contribution in [0, 0.1) is 0 Å². The number of carbonyl (C=O) groups is 1. The zero-order valence-corrected chi connectivity index (χ0v) is 13.2. The van der Waals surface area contributed by atoms with E-state index in [1.165, 1.54) is 0 Å². The zero-order valence-electron chi connectivity index (χ0n) is 13.2. The van der Waals surface area contributed by atoms with Crippen molar-refractivity contribution in [2.24, 2.45) is 5.73 Å². The van der Waals surface area contributed by atoms with E-state index in [0.29, 0.717) is 6.42 Å². The topological polar surface area (TPSA) is 65.2 Å². The summed E-state index contributed by atoms with van der Waals surface area (Å²) in [4.78, 5) is 16.0. The quantitative estimate of drug-likeness (QED) is 0.881. The lowest BCUT2D eigenvalue weighted by Gasteiger charge is -2.22. The first kappa shape index (κ1) is 16.2. The van der Waals surface area contributed by atoms with Crippen LogP contribution in [0.3, 0.4) is 0 Å². The van der Waals surface area contributed by atoms with Crippen LogP contribution >= 0.6 is 0 Å². The smallest absolute Gasteiger partial charge is 0.323 e. The Morgan fingerprint density at radius 1 is 1.18 bits per heavy atom. The third-order valence-corrected chi connectivity index (χ3v) is 3.11. The van der Waals surface area contributed by atoms with Crippen molar-refractivity contribution in [3.63, 3.8) is 0 Å². The number of esters is 1. The number of aromatic nitrogens is 1. The maximum Gasteiger partial charge on any atom is 0.323 e. The second kappa shape index (κ2) is 6.71. The summed E-state index contributed by atoms with van der Waals surface area (Å²) in [6, 6.07) is 11.2. The van der Waals surface area contributed by atoms with Crippen molar-refractivity contribution in [1.82, 2.24) is 4.98 Å². The molecule has 2 N–H and O–H groups in total. The number of carbonyl (C=O) groups excluding carboxylic acids is 1. The molecular weight excluding hydrogens is 276 g/mol. The minimum absolute atomic E-state index is 0.371. The molecule has 22 heavy (non-hydrogen) atoms. The highest BCUT2D eigenvalue weighted by atomic mass is 16.6. The molecule has 0 aliphatic carbocycles. The highest BCUT2D eigenvalue weighted by molar-refractivity contribution is 5.76. The van der Waals surface area contributed by atoms with Crippen molar-refractivity contribution >= 4 is 5.97 Å². The molecule has 2 aromatic rings. The van der Waals surface area contributed by atoms with Crippen LogP contribution in [-0.2, 0) is 16.0 Å². The van der Waals surface area contributed by atoms with Crippen LogP contribution in [0.1, 0.15) is 26.3 Å². The maximum absolute atomic E-state index is 11.9. The molecule has 0 saturated heterocycles. The van der Waals surface area contributed by atoms with Gasteiger partial charge >= 0.3 is 5.97 Å². The lowest BCUT2D eigenvalue weighted by molar-refractivity contribution is -0.156. The van der Waals surface area contributed by atoms with Gasteiger partial charge in [0.1, 0.15) is 11.6 Å². The molecule has 4 nitrogen and oxygen atoms in total. The van der Waals surface area contributed by atoms with Crippen LogP contribution in [0.2, 0.25) is 0 Å². The molecule has 0 saturated carbocycles. The molecule has 0 fully saturated rings. The molecule has 1 heterocycles. The van der Waals surface area contributed by atoms with Gasteiger partial charge in [0.2, 0.25) is 0 Å². The molecule has 0 radical (unpaired) electrons. The number of rotatable bonds is 4. The van der Waals surface area contributed by atoms with E-state index in [1.54, 1.807) is 6.20 Å². The van der Waals surface area contributed by atoms with Gasteiger partial charge in [-0.05, 0) is 49.9 Å². The summed E-state index contributed by atoms with van der Waals surface area (Å²) in [6.07, 6.45) is 4.03. The number of nitrogens with two attached hydrogens (primary N) is 1. The van der Waals surface area contributed by atoms with Crippen LogP contribution in [0.15, 0.2) is 48.8 Å². The van der Waals surface area contributed by atoms with Gasteiger partial charge in [-0.2, -0.15) is 0 Å². The van der Waals surface area contributed by atoms with Gasteiger partial charge in [0.05, 0.1) is 0 Å². The normalized spacial score (nSPS) is 12.7. The monoisotopic (exact) mass is 298 g/mol. The average molecular weight is 298 g/mol. The number of pyridine rings is 1. The van der Waals surface area contributed by atoms with Gasteiger partial charge in [-0.25, -0.2) is 0 Å². The largest absolute Gasteiger partial charge is 0.459 e. The van der Waals surface area contributed by atoms with E-state index in [1.807, 2.05) is 63.4 Å². The molecule has 0 aliphatic rings. The lowest BCUT2D eigenvalue weighted by Crippen LogP contribution is -2.38. The predicted molar refractivity (Wildman–Crippen MR) is 87.2 cm³/mol. The summed E-state index contributed by atoms with van der Waals surface area (Å²) in [7, 11) is 0. The molecular formula is C18H22N2O2. The van der Waals surface area contributed by atoms with Gasteiger partial charge in [-0.1, -0.05) is 30.3 Å². The van der Waals surface area contributed by atoms with Crippen molar-refractivity contribution in [3.8, 4) is 11.1 Å². The molecule has 0 unspecified atom stereocenters. The van der Waals surface area contributed by atoms with Gasteiger partial charge in [-0.3, -0.25) is 9.78 Å². The summed E-state index contributed by atoms with van der Waals surface area (Å²) in [5.74, 6) is -0.371. The summed E-state index contributed by atoms with van der Waals surface area (Å²) in [5.41, 5.74) is 8.56. The van der Waals surface area contributed by atoms with Gasteiger partial charge in [0.25, 0.3) is 0 Å². The molecule has 0 spiro atoms. The van der Waals surface area contributed by atoms with Gasteiger partial charge in [-0.15, -0.1) is 0 Å². The van der Waals surface area contributed by atoms with Crippen molar-refractivity contribution in [2.45, 2.75) is 38.8 Å². The molecule has 0 aliphatic heterocycles. The number of nitrogens with zero attached hydrogens (tertiary/aromatic N) is 1. The summed E-state index contributed by atoms with van der Waals surface area (Å²) in [6.45, 7) is 5.50. The maximum atomic E-state index is 11.9. The number of hydrogen-bond donors (Lipinski definition) is 1. The minimum atomic E-state index is -0.650. The van der Waals surface area contributed by atoms with Crippen molar-refractivity contribution in [3.05, 3.63) is 54.4 Å². The van der Waals surface area contributed by atoms with Crippen LogP contribution < -0.4 is 5.73 Å². The fourth-order valence-electron chi connectivity index (χ4n) is 2.08. The molecule has 1 aromatic heterocycles. The summed E-state index contributed by atoms with van der Waals surface area (Å²) >= 11 is 0. The van der Waals surface area contributed by atoms with Crippen molar-refractivity contribution in [1.29, 1.82) is 0 Å². The summed E-state index contributed by atoms with van der Waals surface area (Å²) < 4.78 is 5.29. The van der Waals surface area contributed by atoms with E-state index in [-0.39, 0.29) is 5.97 Å². The first-order valence-corrected chi connectivity index (χ1v) is 7.33. The standard InChI is InChI=1S/C18H22N2O2/c1-18(2,3)22-17(21)16(19)11-13-6-8-14(9-7-13)15-5-4-10-20-12-15/h4-10,12,16H,11,19H2,1-3H3/t16-/m0/s1. The molecule has 1 aromatic carbocycles. The third kappa shape index (κ3) is 4.67. The van der Waals surface area contributed by atoms with E-state index in [2.05, 4.69) is 4.98 Å². The molecule has 1 atom stereocenters. The highest BCUT2D eigenvalue weighted by Crippen LogP contribution is 2.19. The molecule has 116 valence electrons. The fraction of sp³-hybridized carbons (Fsp3) is 0.333. The average Bonchev–Trinajstić information content (AvgIpc) is 2.47. The van der Waals surface area contributed by atoms with E-state index >= 15 is 0 Å². The Labute approximate surface area is 131 Å². The minimum Gasteiger partial charge on any atom is -0.459 e. The molecule has 4 heteroatoms. The Bertz CT molecular complexity index is 616. The summed E-state index contributed by atoms with van der Waals surface area (Å²) in [5, 5.41) is 0. The van der Waals surface area contributed by atoms with Gasteiger partial charge in [0, 0.05) is 12.4 Å². The van der Waals surface area contributed by atoms with Gasteiger partial charge in [0.15, 0.2) is 0 Å². The SMILES string of the molecule is CC(C)(C)OC(=O)[C@@H](N)Cc1ccc(-c2cccnc2)cc1. The van der Waals surface area contributed by atoms with E-state index in [4.69, 9.17) is 10.5 Å². The van der Waals surface area contributed by atoms with Crippen LogP contribution in [-0.4, -0.2) is 22.6 Å². The Morgan fingerprint density at radius 3 is 2.41 bits per heavy atom. The van der Waals surface area contributed by atoms with Crippen LogP contribution in [0.4, 0.5) is 0 Å². The fourth-order valence-corrected chi connectivity index (χ4v) is 2.08. The van der Waals surface area contributed by atoms with Crippen LogP contribution in [0.25, 0.3) is 11.1 Å². The Hall–Kier alpha value is -2.20. The van der Waals surface area contributed by atoms with Crippen LogP contribution in [0.5, 0.6) is 0 Å². The van der Waals surface area contributed by atoms with E-state index in [0.717, 1.165) is 16.7 Å². The second-order valence-corrected chi connectivity index (χ2v) is 6.28. The highest BCUT2D eigenvalue weighted by Gasteiger charge is 2.22. The third-order valence-electron chi connectivity index (χ3n) is 3.11. The Morgan fingerprint density at radius 2 is 1.86 bits per heavy atom. The number of ether oxygens (including phenoxy) is 1. The zero-order chi connectivity index (χ0) is 16.2. The van der Waals surface area contributed by atoms with Crippen molar-refractivity contribution in [2.75, 3.05) is 0 Å². The molecule has 2 rings (SSSR count). The second-order valence-electron chi connectivity index (χ2n) is 6.28. The first-order chi connectivity index (χ1) is 10.3. The van der Waals surface area contributed by atoms with Gasteiger partial charge < -0.3 is 10.5 Å². The van der Waals surface area contributed by atoms with E-state index in [9.17, 15) is 4.79 Å². The lowest BCUT2D eigenvalue weighted by atomic mass is 10.0. The molecule has 0 bridgehead atoms.